The highest BCUT2D eigenvalue weighted by atomic mass is 16.2. The van der Waals surface area contributed by atoms with Gasteiger partial charge in [0, 0.05) is 27.1 Å². The minimum atomic E-state index is -0.794. The van der Waals surface area contributed by atoms with Crippen LogP contribution in [-0.2, 0) is 14.4 Å². The Morgan fingerprint density at radius 1 is 1.05 bits per heavy atom. The van der Waals surface area contributed by atoms with E-state index in [-0.39, 0.29) is 45.7 Å². The van der Waals surface area contributed by atoms with E-state index in [1.165, 1.54) is 0 Å². The minimum Gasteiger partial charge on any atom is -0.295 e. The highest BCUT2D eigenvalue weighted by Gasteiger charge is 2.70. The predicted octanol–water partition coefficient (Wildman–Crippen LogP) is 7.04. The molecule has 0 spiro atoms. The molecule has 0 aromatic rings. The Morgan fingerprint density at radius 3 is 2.34 bits per heavy atom. The Morgan fingerprint density at radius 2 is 1.71 bits per heavy atom. The molecule has 38 heavy (non-hydrogen) atoms. The molecule has 7 nitrogen and oxygen atoms in total. The van der Waals surface area contributed by atoms with Crippen LogP contribution in [-0.4, -0.2) is 17.5 Å². The molecule has 202 valence electrons. The van der Waals surface area contributed by atoms with Crippen molar-refractivity contribution in [2.24, 2.45) is 55.4 Å². The number of allylic oxidation sites excluding steroid dienone is 4. The summed E-state index contributed by atoms with van der Waals surface area (Å²) in [5.41, 5.74) is 7.55. The molecule has 0 bridgehead atoms. The number of Topliss-reactive ketones (excluding diaryl/α,β-unsaturated/α-hetero) is 1. The predicted molar refractivity (Wildman–Crippen MR) is 143 cm³/mol. The van der Waals surface area contributed by atoms with Crippen LogP contribution in [0.15, 0.2) is 28.4 Å². The zero-order valence-electron chi connectivity index (χ0n) is 23.9. The van der Waals surface area contributed by atoms with Crippen LogP contribution in [0, 0.1) is 61.6 Å². The second-order valence-electron chi connectivity index (χ2n) is 14.9. The molecule has 5 aliphatic carbocycles. The quantitative estimate of drug-likeness (QED) is 0.210. The number of azide groups is 1. The molecule has 0 aromatic carbocycles. The fraction of sp³-hybridized carbons (Fsp3) is 0.742. The Balaban J connectivity index is 1.71. The van der Waals surface area contributed by atoms with E-state index in [0.717, 1.165) is 31.3 Å². The summed E-state index contributed by atoms with van der Waals surface area (Å²) in [5, 5.41) is 13.5. The van der Waals surface area contributed by atoms with Gasteiger partial charge in [0.05, 0.1) is 5.57 Å². The van der Waals surface area contributed by atoms with Crippen molar-refractivity contribution >= 4 is 17.5 Å². The van der Waals surface area contributed by atoms with Crippen LogP contribution in [0.2, 0.25) is 0 Å². The highest BCUT2D eigenvalue weighted by Crippen LogP contribution is 2.74. The second kappa shape index (κ2) is 7.92. The molecule has 1 amide bonds. The smallest absolute Gasteiger partial charge is 0.225 e. The largest absolute Gasteiger partial charge is 0.295 e. The minimum absolute atomic E-state index is 0.00489. The fourth-order valence-corrected chi connectivity index (χ4v) is 10.1. The van der Waals surface area contributed by atoms with Crippen LogP contribution in [0.5, 0.6) is 0 Å². The van der Waals surface area contributed by atoms with Gasteiger partial charge in [0.1, 0.15) is 6.07 Å². The van der Waals surface area contributed by atoms with E-state index in [1.54, 1.807) is 0 Å². The highest BCUT2D eigenvalue weighted by molar-refractivity contribution is 6.04. The van der Waals surface area contributed by atoms with Crippen molar-refractivity contribution in [2.45, 2.75) is 93.4 Å². The van der Waals surface area contributed by atoms with Crippen molar-refractivity contribution in [2.75, 3.05) is 0 Å². The number of rotatable bonds is 1. The summed E-state index contributed by atoms with van der Waals surface area (Å²) in [7, 11) is 0. The third kappa shape index (κ3) is 3.13. The summed E-state index contributed by atoms with van der Waals surface area (Å²) >= 11 is 0. The summed E-state index contributed by atoms with van der Waals surface area (Å²) < 4.78 is 0. The van der Waals surface area contributed by atoms with Crippen LogP contribution in [0.1, 0.15) is 93.4 Å². The lowest BCUT2D eigenvalue weighted by Crippen LogP contribution is -2.65. The molecular weight excluding hydrogens is 476 g/mol. The lowest BCUT2D eigenvalue weighted by molar-refractivity contribution is -0.176. The van der Waals surface area contributed by atoms with Crippen molar-refractivity contribution in [1.82, 2.24) is 0 Å². The third-order valence-corrected chi connectivity index (χ3v) is 12.4. The van der Waals surface area contributed by atoms with Gasteiger partial charge in [-0.25, -0.2) is 0 Å². The van der Waals surface area contributed by atoms with E-state index in [4.69, 9.17) is 5.53 Å². The molecule has 3 fully saturated rings. The number of hydrogen-bond acceptors (Lipinski definition) is 4. The van der Waals surface area contributed by atoms with Gasteiger partial charge in [0.15, 0.2) is 11.6 Å². The molecule has 3 saturated carbocycles. The molecule has 0 heterocycles. The van der Waals surface area contributed by atoms with E-state index in [0.29, 0.717) is 19.3 Å². The number of nitriles is 1. The maximum absolute atomic E-state index is 14.4. The van der Waals surface area contributed by atoms with Crippen LogP contribution in [0.25, 0.3) is 10.4 Å². The zero-order valence-corrected chi connectivity index (χ0v) is 23.9. The van der Waals surface area contributed by atoms with Gasteiger partial charge < -0.3 is 0 Å². The van der Waals surface area contributed by atoms with Crippen LogP contribution >= 0.6 is 0 Å². The Kier molecular flexibility index (Phi) is 5.60. The van der Waals surface area contributed by atoms with Gasteiger partial charge >= 0.3 is 0 Å². The molecule has 7 atom stereocenters. The fourth-order valence-electron chi connectivity index (χ4n) is 10.1. The molecule has 5 aliphatic rings. The molecule has 0 N–H and O–H groups in total. The van der Waals surface area contributed by atoms with E-state index in [2.05, 4.69) is 50.7 Å². The topological polar surface area (TPSA) is 124 Å². The lowest BCUT2D eigenvalue weighted by Gasteiger charge is -2.69. The first-order valence-electron chi connectivity index (χ1n) is 14.1. The summed E-state index contributed by atoms with van der Waals surface area (Å²) in [5.74, 6) is -1.01. The maximum Gasteiger partial charge on any atom is 0.225 e. The van der Waals surface area contributed by atoms with Crippen molar-refractivity contribution < 1.29 is 14.4 Å². The first-order chi connectivity index (χ1) is 17.5. The van der Waals surface area contributed by atoms with Gasteiger partial charge in [-0.3, -0.25) is 14.4 Å². The van der Waals surface area contributed by atoms with Gasteiger partial charge in [-0.05, 0) is 89.7 Å². The molecular formula is C31H40N4O3. The molecule has 0 aliphatic heterocycles. The number of carbonyl (C=O) groups is 3. The van der Waals surface area contributed by atoms with Crippen molar-refractivity contribution in [1.29, 1.82) is 5.26 Å². The third-order valence-electron chi connectivity index (χ3n) is 12.4. The molecule has 0 unspecified atom stereocenters. The number of amides is 1. The molecule has 0 aromatic heterocycles. The average Bonchev–Trinajstić information content (AvgIpc) is 2.82. The average molecular weight is 517 g/mol. The van der Waals surface area contributed by atoms with Gasteiger partial charge in [-0.15, -0.1) is 0 Å². The maximum atomic E-state index is 14.4. The summed E-state index contributed by atoms with van der Waals surface area (Å²) in [6.45, 7) is 14.9. The first-order valence-corrected chi connectivity index (χ1v) is 14.1. The molecule has 5 rings (SSSR count). The zero-order chi connectivity index (χ0) is 28.1. The van der Waals surface area contributed by atoms with Gasteiger partial charge in [0.2, 0.25) is 5.91 Å². The summed E-state index contributed by atoms with van der Waals surface area (Å²) in [4.78, 5) is 43.8. The van der Waals surface area contributed by atoms with E-state index >= 15 is 0 Å². The van der Waals surface area contributed by atoms with Crippen molar-refractivity contribution in [3.05, 3.63) is 33.7 Å². The number of fused-ring (bicyclic) bond motifs is 7. The number of hydrogen-bond donors (Lipinski definition) is 0. The second-order valence-corrected chi connectivity index (χ2v) is 14.9. The van der Waals surface area contributed by atoms with Crippen LogP contribution < -0.4 is 0 Å². The molecule has 0 saturated heterocycles. The number of nitrogens with zero attached hydrogens (tertiary/aromatic N) is 4. The monoisotopic (exact) mass is 516 g/mol. The standard InChI is InChI=1S/C31H40N4O3/c1-26(2)10-12-31(25(38)34-35-33)13-11-30(7)23(19(31)16-26)20(36)14-22-28(5)15-18(17-32)24(37)27(3,4)21(28)8-9-29(22,30)6/h14-15,19,21,23H,8-13,16H2,1-7H3/t19-,21-,23-,28-,29+,30+,31-/m0/s1. The Labute approximate surface area is 225 Å². The van der Waals surface area contributed by atoms with Crippen LogP contribution in [0.4, 0.5) is 0 Å². The Bertz CT molecular complexity index is 1310. The van der Waals surface area contributed by atoms with Crippen molar-refractivity contribution in [3.8, 4) is 6.07 Å². The Hall–Kier alpha value is -2.71. The van der Waals surface area contributed by atoms with E-state index < -0.39 is 27.6 Å². The van der Waals surface area contributed by atoms with Crippen LogP contribution in [0.3, 0.4) is 0 Å². The number of carbonyl (C=O) groups excluding carboxylic acids is 3. The molecule has 0 radical (unpaired) electrons. The van der Waals surface area contributed by atoms with E-state index in [1.807, 2.05) is 26.0 Å². The summed E-state index contributed by atoms with van der Waals surface area (Å²) in [6, 6.07) is 2.15. The normalized spacial score (nSPS) is 44.5. The van der Waals surface area contributed by atoms with E-state index in [9.17, 15) is 19.6 Å². The van der Waals surface area contributed by atoms with Crippen molar-refractivity contribution in [3.63, 3.8) is 0 Å². The molecule has 7 heteroatoms. The van der Waals surface area contributed by atoms with Gasteiger partial charge in [0.25, 0.3) is 0 Å². The summed E-state index contributed by atoms with van der Waals surface area (Å²) in [6.07, 6.45) is 8.91. The SMILES string of the molecule is CC1(C)CC[C@]2(C(=O)N=[N+]=[N-])CC[C@]3(C)[C@H](C(=O)C=C4[C@@]5(C)C=C(C#N)C(=O)C(C)(C)[C@@H]5CC[C@]43C)[C@@H]2C1. The van der Waals surface area contributed by atoms with Gasteiger partial charge in [-0.2, -0.15) is 5.26 Å². The first kappa shape index (κ1) is 26.9. The van der Waals surface area contributed by atoms with Gasteiger partial charge in [-0.1, -0.05) is 60.1 Å². The number of ketones is 2. The lowest BCUT2D eigenvalue weighted by atomic mass is 9.34.